The second-order valence-corrected chi connectivity index (χ2v) is 4.95. The molecule has 0 radical (unpaired) electrons. The van der Waals surface area contributed by atoms with Gasteiger partial charge in [0, 0.05) is 15.5 Å². The minimum absolute atomic E-state index is 0.262. The highest BCUT2D eigenvalue weighted by molar-refractivity contribution is 14.1. The first-order valence-corrected chi connectivity index (χ1v) is 6.29. The van der Waals surface area contributed by atoms with Crippen molar-refractivity contribution in [1.29, 1.82) is 0 Å². The summed E-state index contributed by atoms with van der Waals surface area (Å²) < 4.78 is 1.17. The number of anilines is 2. The van der Waals surface area contributed by atoms with Gasteiger partial charge in [-0.3, -0.25) is 0 Å². The van der Waals surface area contributed by atoms with Gasteiger partial charge >= 0.3 is 0 Å². The summed E-state index contributed by atoms with van der Waals surface area (Å²) in [5.41, 5.74) is 6.99. The number of aromatic nitrogens is 2. The first kappa shape index (κ1) is 12.2. The molecular formula is C11H9IN4S. The maximum atomic E-state index is 5.51. The van der Waals surface area contributed by atoms with Crippen LogP contribution in [0.5, 0.6) is 0 Å². The lowest BCUT2D eigenvalue weighted by Crippen LogP contribution is -2.12. The van der Waals surface area contributed by atoms with E-state index in [2.05, 4.69) is 37.9 Å². The molecule has 0 atom stereocenters. The Kier molecular flexibility index (Phi) is 3.85. The van der Waals surface area contributed by atoms with E-state index >= 15 is 0 Å². The van der Waals surface area contributed by atoms with Gasteiger partial charge in [-0.15, -0.1) is 0 Å². The molecule has 2 aromatic rings. The zero-order valence-electron chi connectivity index (χ0n) is 8.72. The number of thiocarbonyl (C=S) groups is 1. The summed E-state index contributed by atoms with van der Waals surface area (Å²) in [6.07, 6.45) is 1.62. The van der Waals surface area contributed by atoms with Crippen LogP contribution in [0.3, 0.4) is 0 Å². The van der Waals surface area contributed by atoms with Crippen molar-refractivity contribution < 1.29 is 0 Å². The molecule has 4 nitrogen and oxygen atoms in total. The fourth-order valence-corrected chi connectivity index (χ4v) is 1.69. The molecule has 0 aliphatic heterocycles. The van der Waals surface area contributed by atoms with Crippen molar-refractivity contribution in [2.45, 2.75) is 0 Å². The van der Waals surface area contributed by atoms with Crippen LogP contribution < -0.4 is 11.1 Å². The third kappa shape index (κ3) is 3.34. The number of nitrogens with one attached hydrogen (secondary N) is 1. The van der Waals surface area contributed by atoms with Crippen LogP contribution in [0.4, 0.5) is 11.6 Å². The smallest absolute Gasteiger partial charge is 0.227 e. The Morgan fingerprint density at radius 1 is 1.24 bits per heavy atom. The number of hydrogen-bond donors (Lipinski definition) is 2. The minimum Gasteiger partial charge on any atom is -0.388 e. The van der Waals surface area contributed by atoms with E-state index in [-0.39, 0.29) is 4.99 Å². The quantitative estimate of drug-likeness (QED) is 0.654. The van der Waals surface area contributed by atoms with E-state index < -0.39 is 0 Å². The van der Waals surface area contributed by atoms with E-state index in [1.165, 1.54) is 3.57 Å². The molecule has 0 spiro atoms. The van der Waals surface area contributed by atoms with E-state index in [0.717, 1.165) is 5.69 Å². The number of hydrogen-bond acceptors (Lipinski definition) is 4. The molecule has 0 aliphatic rings. The van der Waals surface area contributed by atoms with Gasteiger partial charge in [0.05, 0.1) is 0 Å². The Morgan fingerprint density at radius 3 is 2.59 bits per heavy atom. The third-order valence-electron chi connectivity index (χ3n) is 2.01. The Bertz CT molecular complexity index is 541. The van der Waals surface area contributed by atoms with Crippen molar-refractivity contribution >= 4 is 51.4 Å². The summed E-state index contributed by atoms with van der Waals surface area (Å²) in [4.78, 5) is 8.56. The largest absolute Gasteiger partial charge is 0.388 e. The summed E-state index contributed by atoms with van der Waals surface area (Å²) in [5, 5.41) is 3.09. The SMILES string of the molecule is NC(=S)c1ccnc(Nc2ccc(I)cc2)n1. The molecular weight excluding hydrogens is 347 g/mol. The second-order valence-electron chi connectivity index (χ2n) is 3.26. The van der Waals surface area contributed by atoms with E-state index in [1.54, 1.807) is 12.3 Å². The zero-order chi connectivity index (χ0) is 12.3. The Balaban J connectivity index is 2.21. The Morgan fingerprint density at radius 2 is 1.94 bits per heavy atom. The lowest BCUT2D eigenvalue weighted by atomic mass is 10.3. The van der Waals surface area contributed by atoms with Crippen molar-refractivity contribution in [3.05, 3.63) is 45.8 Å². The molecule has 6 heteroatoms. The van der Waals surface area contributed by atoms with E-state index in [1.807, 2.05) is 24.3 Å². The molecule has 0 saturated carbocycles. The van der Waals surface area contributed by atoms with E-state index in [0.29, 0.717) is 11.6 Å². The lowest BCUT2D eigenvalue weighted by molar-refractivity contribution is 1.15. The van der Waals surface area contributed by atoms with Gasteiger partial charge in [-0.05, 0) is 52.9 Å². The molecule has 0 saturated heterocycles. The van der Waals surface area contributed by atoms with Crippen LogP contribution >= 0.6 is 34.8 Å². The average Bonchev–Trinajstić information content (AvgIpc) is 2.32. The molecule has 0 aliphatic carbocycles. The van der Waals surface area contributed by atoms with Crippen LogP contribution in [0.1, 0.15) is 5.69 Å². The highest BCUT2D eigenvalue weighted by atomic mass is 127. The summed E-state index contributed by atoms with van der Waals surface area (Å²) >= 11 is 7.11. The van der Waals surface area contributed by atoms with Crippen LogP contribution in [0.25, 0.3) is 0 Å². The van der Waals surface area contributed by atoms with Gasteiger partial charge in [-0.2, -0.15) is 0 Å². The fraction of sp³-hybridized carbons (Fsp3) is 0. The summed E-state index contributed by atoms with van der Waals surface area (Å²) in [7, 11) is 0. The molecule has 17 heavy (non-hydrogen) atoms. The van der Waals surface area contributed by atoms with E-state index in [4.69, 9.17) is 18.0 Å². The lowest BCUT2D eigenvalue weighted by Gasteiger charge is -2.05. The first-order chi connectivity index (χ1) is 8.15. The second kappa shape index (κ2) is 5.37. The van der Waals surface area contributed by atoms with Gasteiger partial charge in [-0.25, -0.2) is 9.97 Å². The van der Waals surface area contributed by atoms with Gasteiger partial charge in [0.1, 0.15) is 10.7 Å². The molecule has 0 unspecified atom stereocenters. The number of nitrogens with two attached hydrogens (primary N) is 1. The average molecular weight is 356 g/mol. The van der Waals surface area contributed by atoms with Crippen LogP contribution in [0.2, 0.25) is 0 Å². The Labute approximate surface area is 118 Å². The number of benzene rings is 1. The summed E-state index contributed by atoms with van der Waals surface area (Å²) in [6.45, 7) is 0. The molecule has 86 valence electrons. The van der Waals surface area contributed by atoms with Crippen molar-refractivity contribution in [3.63, 3.8) is 0 Å². The maximum Gasteiger partial charge on any atom is 0.227 e. The molecule has 1 aromatic heterocycles. The van der Waals surface area contributed by atoms with Gasteiger partial charge in [0.25, 0.3) is 0 Å². The molecule has 1 aromatic carbocycles. The molecule has 0 amide bonds. The third-order valence-corrected chi connectivity index (χ3v) is 2.94. The summed E-state index contributed by atoms with van der Waals surface area (Å²) in [5.74, 6) is 0.483. The maximum absolute atomic E-state index is 5.51. The normalized spacial score (nSPS) is 9.94. The van der Waals surface area contributed by atoms with Gasteiger partial charge in [-0.1, -0.05) is 12.2 Å². The molecule has 3 N–H and O–H groups in total. The topological polar surface area (TPSA) is 63.8 Å². The van der Waals surface area contributed by atoms with Crippen molar-refractivity contribution in [1.82, 2.24) is 9.97 Å². The van der Waals surface area contributed by atoms with Gasteiger partial charge in [0.2, 0.25) is 5.95 Å². The zero-order valence-corrected chi connectivity index (χ0v) is 11.7. The van der Waals surface area contributed by atoms with Crippen LogP contribution in [-0.4, -0.2) is 15.0 Å². The van der Waals surface area contributed by atoms with Crippen molar-refractivity contribution in [3.8, 4) is 0 Å². The minimum atomic E-state index is 0.262. The Hall–Kier alpha value is -1.28. The highest BCUT2D eigenvalue weighted by Crippen LogP contribution is 2.14. The number of nitrogens with zero attached hydrogens (tertiary/aromatic N) is 2. The first-order valence-electron chi connectivity index (χ1n) is 4.80. The van der Waals surface area contributed by atoms with Crippen LogP contribution in [0, 0.1) is 3.57 Å². The van der Waals surface area contributed by atoms with Crippen molar-refractivity contribution in [2.24, 2.45) is 5.73 Å². The van der Waals surface area contributed by atoms with E-state index in [9.17, 15) is 0 Å². The van der Waals surface area contributed by atoms with Crippen molar-refractivity contribution in [2.75, 3.05) is 5.32 Å². The molecule has 2 rings (SSSR count). The molecule has 1 heterocycles. The molecule has 0 bridgehead atoms. The number of halogens is 1. The highest BCUT2D eigenvalue weighted by Gasteiger charge is 2.01. The summed E-state index contributed by atoms with van der Waals surface area (Å²) in [6, 6.07) is 9.60. The standard InChI is InChI=1S/C11H9IN4S/c12-7-1-3-8(4-2-7)15-11-14-6-5-9(16-11)10(13)17/h1-6H,(H2,13,17)(H,14,15,16). The van der Waals surface area contributed by atoms with Crippen LogP contribution in [0.15, 0.2) is 36.5 Å². The van der Waals surface area contributed by atoms with Gasteiger partial charge < -0.3 is 11.1 Å². The monoisotopic (exact) mass is 356 g/mol. The fourth-order valence-electron chi connectivity index (χ4n) is 1.22. The predicted octanol–water partition coefficient (Wildman–Crippen LogP) is 2.46. The molecule has 0 fully saturated rings. The predicted molar refractivity (Wildman–Crippen MR) is 80.4 cm³/mol. The number of rotatable bonds is 3. The van der Waals surface area contributed by atoms with Crippen LogP contribution in [-0.2, 0) is 0 Å². The van der Waals surface area contributed by atoms with Gasteiger partial charge in [0.15, 0.2) is 0 Å².